The van der Waals surface area contributed by atoms with Crippen molar-refractivity contribution >= 4 is 17.4 Å². The van der Waals surface area contributed by atoms with E-state index in [1.165, 1.54) is 12.3 Å². The van der Waals surface area contributed by atoms with Crippen LogP contribution in [0, 0.1) is 5.82 Å². The maximum absolute atomic E-state index is 13.6. The Morgan fingerprint density at radius 1 is 1.67 bits per heavy atom. The van der Waals surface area contributed by atoms with Crippen LogP contribution in [0.15, 0.2) is 12.3 Å². The van der Waals surface area contributed by atoms with Gasteiger partial charge in [-0.15, -0.1) is 0 Å². The Labute approximate surface area is 94.1 Å². The zero-order valence-corrected chi connectivity index (χ0v) is 9.47. The van der Waals surface area contributed by atoms with E-state index in [-0.39, 0.29) is 5.82 Å². The number of halogens is 2. The lowest BCUT2D eigenvalue weighted by Crippen LogP contribution is -2.30. The van der Waals surface area contributed by atoms with Crippen molar-refractivity contribution < 1.29 is 4.39 Å². The number of hydrogen-bond acceptors (Lipinski definition) is 2. The minimum atomic E-state index is -0.317. The third-order valence-electron chi connectivity index (χ3n) is 2.91. The summed E-state index contributed by atoms with van der Waals surface area (Å²) in [6.45, 7) is 3.01. The molecule has 82 valence electrons. The van der Waals surface area contributed by atoms with Gasteiger partial charge in [0.2, 0.25) is 0 Å². The first-order valence-electron chi connectivity index (χ1n) is 5.30. The van der Waals surface area contributed by atoms with Crippen LogP contribution in [0.4, 0.5) is 10.2 Å². The molecule has 2 rings (SSSR count). The van der Waals surface area contributed by atoms with Crippen molar-refractivity contribution in [1.29, 1.82) is 0 Å². The zero-order chi connectivity index (χ0) is 10.8. The fraction of sp³-hybridized carbons (Fsp3) is 0.545. The number of pyridine rings is 1. The van der Waals surface area contributed by atoms with E-state index in [1.807, 2.05) is 4.90 Å². The molecular weight excluding hydrogens is 215 g/mol. The third-order valence-corrected chi connectivity index (χ3v) is 3.12. The van der Waals surface area contributed by atoms with Crippen molar-refractivity contribution in [2.24, 2.45) is 0 Å². The molecule has 2 nitrogen and oxygen atoms in total. The first kappa shape index (κ1) is 10.7. The molecule has 0 aliphatic carbocycles. The molecule has 0 radical (unpaired) electrons. The summed E-state index contributed by atoms with van der Waals surface area (Å²) in [6, 6.07) is 1.75. The van der Waals surface area contributed by atoms with Gasteiger partial charge in [0.25, 0.3) is 0 Å². The summed E-state index contributed by atoms with van der Waals surface area (Å²) in [7, 11) is 0. The highest BCUT2D eigenvalue weighted by Crippen LogP contribution is 2.28. The van der Waals surface area contributed by atoms with Crippen molar-refractivity contribution in [3.8, 4) is 0 Å². The van der Waals surface area contributed by atoms with E-state index in [4.69, 9.17) is 11.6 Å². The number of hydrogen-bond donors (Lipinski definition) is 0. The standard InChI is InChI=1S/C11H14ClFN2/c1-2-9-4-3-5-15(9)11-10(13)6-8(12)7-14-11/h6-7,9H,2-5H2,1H3. The van der Waals surface area contributed by atoms with Crippen LogP contribution in [-0.2, 0) is 0 Å². The summed E-state index contributed by atoms with van der Waals surface area (Å²) in [5.41, 5.74) is 0. The first-order valence-corrected chi connectivity index (χ1v) is 5.68. The monoisotopic (exact) mass is 228 g/mol. The van der Waals surface area contributed by atoms with Crippen LogP contribution in [0.3, 0.4) is 0 Å². The van der Waals surface area contributed by atoms with E-state index < -0.39 is 0 Å². The first-order chi connectivity index (χ1) is 7.22. The van der Waals surface area contributed by atoms with E-state index >= 15 is 0 Å². The Bertz CT molecular complexity index is 356. The normalized spacial score (nSPS) is 21.0. The largest absolute Gasteiger partial charge is 0.351 e. The van der Waals surface area contributed by atoms with Gasteiger partial charge in [-0.25, -0.2) is 9.37 Å². The van der Waals surface area contributed by atoms with Crippen LogP contribution >= 0.6 is 11.6 Å². The molecular formula is C11H14ClFN2. The molecule has 0 N–H and O–H groups in total. The minimum absolute atomic E-state index is 0.317. The molecule has 0 bridgehead atoms. The smallest absolute Gasteiger partial charge is 0.167 e. The number of nitrogens with zero attached hydrogens (tertiary/aromatic N) is 2. The van der Waals surface area contributed by atoms with E-state index in [2.05, 4.69) is 11.9 Å². The summed E-state index contributed by atoms with van der Waals surface area (Å²) in [6.07, 6.45) is 4.78. The van der Waals surface area contributed by atoms with Crippen LogP contribution < -0.4 is 4.90 Å². The highest BCUT2D eigenvalue weighted by Gasteiger charge is 2.26. The van der Waals surface area contributed by atoms with Crippen LogP contribution in [0.2, 0.25) is 5.02 Å². The summed E-state index contributed by atoms with van der Waals surface area (Å²) in [5.74, 6) is 0.131. The topological polar surface area (TPSA) is 16.1 Å². The Morgan fingerprint density at radius 2 is 2.47 bits per heavy atom. The maximum atomic E-state index is 13.6. The Morgan fingerprint density at radius 3 is 3.13 bits per heavy atom. The second-order valence-corrected chi connectivity index (χ2v) is 4.29. The maximum Gasteiger partial charge on any atom is 0.167 e. The molecule has 0 spiro atoms. The molecule has 0 saturated carbocycles. The zero-order valence-electron chi connectivity index (χ0n) is 8.71. The molecule has 1 aromatic heterocycles. The van der Waals surface area contributed by atoms with Crippen LogP contribution in [-0.4, -0.2) is 17.6 Å². The third kappa shape index (κ3) is 2.07. The van der Waals surface area contributed by atoms with Gasteiger partial charge in [0.15, 0.2) is 11.6 Å². The molecule has 0 amide bonds. The van der Waals surface area contributed by atoms with Crippen LogP contribution in [0.25, 0.3) is 0 Å². The van der Waals surface area contributed by atoms with Gasteiger partial charge in [0.1, 0.15) is 0 Å². The average molecular weight is 229 g/mol. The van der Waals surface area contributed by atoms with E-state index in [1.54, 1.807) is 0 Å². The van der Waals surface area contributed by atoms with Gasteiger partial charge in [0, 0.05) is 18.8 Å². The molecule has 1 aliphatic rings. The van der Waals surface area contributed by atoms with Gasteiger partial charge in [0.05, 0.1) is 5.02 Å². The molecule has 1 saturated heterocycles. The second kappa shape index (κ2) is 4.35. The Kier molecular flexibility index (Phi) is 3.10. The van der Waals surface area contributed by atoms with Crippen LogP contribution in [0.5, 0.6) is 0 Å². The summed E-state index contributed by atoms with van der Waals surface area (Å²) in [4.78, 5) is 6.12. The summed E-state index contributed by atoms with van der Waals surface area (Å²) < 4.78 is 13.6. The van der Waals surface area contributed by atoms with Crippen LogP contribution in [0.1, 0.15) is 26.2 Å². The van der Waals surface area contributed by atoms with E-state index in [0.29, 0.717) is 16.9 Å². The van der Waals surface area contributed by atoms with Gasteiger partial charge >= 0.3 is 0 Å². The highest BCUT2D eigenvalue weighted by molar-refractivity contribution is 6.30. The highest BCUT2D eigenvalue weighted by atomic mass is 35.5. The van der Waals surface area contributed by atoms with Crippen molar-refractivity contribution in [3.05, 3.63) is 23.1 Å². The fourth-order valence-corrected chi connectivity index (χ4v) is 2.30. The van der Waals surface area contributed by atoms with Crippen molar-refractivity contribution in [2.75, 3.05) is 11.4 Å². The second-order valence-electron chi connectivity index (χ2n) is 3.86. The molecule has 1 unspecified atom stereocenters. The van der Waals surface area contributed by atoms with Crippen molar-refractivity contribution in [1.82, 2.24) is 4.98 Å². The molecule has 1 fully saturated rings. The summed E-state index contributed by atoms with van der Waals surface area (Å²) >= 11 is 5.67. The number of rotatable bonds is 2. The lowest BCUT2D eigenvalue weighted by atomic mass is 10.2. The Hall–Kier alpha value is -0.830. The predicted molar refractivity (Wildman–Crippen MR) is 59.9 cm³/mol. The van der Waals surface area contributed by atoms with Crippen molar-refractivity contribution in [3.63, 3.8) is 0 Å². The molecule has 1 aliphatic heterocycles. The van der Waals surface area contributed by atoms with E-state index in [9.17, 15) is 4.39 Å². The minimum Gasteiger partial charge on any atom is -0.351 e. The number of aromatic nitrogens is 1. The molecule has 1 atom stereocenters. The average Bonchev–Trinajstić information content (AvgIpc) is 2.65. The molecule has 4 heteroatoms. The van der Waals surface area contributed by atoms with Gasteiger partial charge in [-0.3, -0.25) is 0 Å². The fourth-order valence-electron chi connectivity index (χ4n) is 2.16. The predicted octanol–water partition coefficient (Wildman–Crippen LogP) is 3.25. The van der Waals surface area contributed by atoms with E-state index in [0.717, 1.165) is 25.8 Å². The quantitative estimate of drug-likeness (QED) is 0.773. The lowest BCUT2D eigenvalue weighted by molar-refractivity contribution is 0.588. The van der Waals surface area contributed by atoms with Gasteiger partial charge in [-0.2, -0.15) is 0 Å². The molecule has 2 heterocycles. The van der Waals surface area contributed by atoms with Gasteiger partial charge in [-0.05, 0) is 25.3 Å². The van der Waals surface area contributed by atoms with Gasteiger partial charge < -0.3 is 4.90 Å². The number of anilines is 1. The lowest BCUT2D eigenvalue weighted by Gasteiger charge is -2.24. The molecule has 15 heavy (non-hydrogen) atoms. The van der Waals surface area contributed by atoms with Crippen molar-refractivity contribution in [2.45, 2.75) is 32.2 Å². The molecule has 0 aromatic carbocycles. The SMILES string of the molecule is CCC1CCCN1c1ncc(Cl)cc1F. The molecule has 1 aromatic rings. The Balaban J connectivity index is 2.28. The summed E-state index contributed by atoms with van der Waals surface area (Å²) in [5, 5.41) is 0.350. The van der Waals surface area contributed by atoms with Gasteiger partial charge in [-0.1, -0.05) is 18.5 Å².